The maximum Gasteiger partial charge on any atom is 0.290 e. The normalized spacial score (nSPS) is 15.3. The average molecular weight is 469 g/mol. The minimum atomic E-state index is -0.291. The van der Waals surface area contributed by atoms with Gasteiger partial charge in [0, 0.05) is 23.5 Å². The summed E-state index contributed by atoms with van der Waals surface area (Å²) in [6.07, 6.45) is 2.25. The van der Waals surface area contributed by atoms with Crippen molar-refractivity contribution < 1.29 is 23.5 Å². The van der Waals surface area contributed by atoms with E-state index < -0.39 is 0 Å². The van der Waals surface area contributed by atoms with E-state index in [-0.39, 0.29) is 36.2 Å². The molecule has 0 spiro atoms. The SMILES string of the molecule is COc1cccc(OC[C@H]2c3ccsc3CCN2C(=O)CN(C(=O)c2ccco2)C(C)C)c1. The molecule has 0 aliphatic carbocycles. The highest BCUT2D eigenvalue weighted by Crippen LogP contribution is 2.34. The molecule has 0 unspecified atom stereocenters. The molecule has 1 aliphatic heterocycles. The number of benzene rings is 1. The van der Waals surface area contributed by atoms with E-state index in [1.165, 1.54) is 11.1 Å². The quantitative estimate of drug-likeness (QED) is 0.490. The number of amides is 2. The summed E-state index contributed by atoms with van der Waals surface area (Å²) in [5.41, 5.74) is 1.11. The Hall–Kier alpha value is -3.26. The molecule has 1 aromatic carbocycles. The first-order valence-electron chi connectivity index (χ1n) is 10.9. The van der Waals surface area contributed by atoms with Gasteiger partial charge < -0.3 is 23.7 Å². The van der Waals surface area contributed by atoms with E-state index in [4.69, 9.17) is 13.9 Å². The Labute approximate surface area is 197 Å². The first kappa shape index (κ1) is 22.9. The van der Waals surface area contributed by atoms with Crippen LogP contribution >= 0.6 is 11.3 Å². The zero-order valence-electron chi connectivity index (χ0n) is 19.0. The van der Waals surface area contributed by atoms with E-state index in [1.54, 1.807) is 35.5 Å². The van der Waals surface area contributed by atoms with Gasteiger partial charge in [0.05, 0.1) is 19.4 Å². The highest BCUT2D eigenvalue weighted by atomic mass is 32.1. The lowest BCUT2D eigenvalue weighted by Gasteiger charge is -2.37. The van der Waals surface area contributed by atoms with Gasteiger partial charge in [0.1, 0.15) is 24.7 Å². The van der Waals surface area contributed by atoms with Gasteiger partial charge in [0.25, 0.3) is 5.91 Å². The number of thiophene rings is 1. The maximum absolute atomic E-state index is 13.5. The maximum atomic E-state index is 13.5. The Kier molecular flexibility index (Phi) is 7.03. The standard InChI is InChI=1S/C25H28N2O5S/c1-17(2)27(25(29)22-8-5-12-31-22)15-24(28)26-11-9-23-20(10-13-33-23)21(26)16-32-19-7-4-6-18(14-19)30-3/h4-8,10,12-14,17,21H,9,11,15-16H2,1-3H3/t21-/m0/s1. The average Bonchev–Trinajstić information content (AvgIpc) is 3.52. The third kappa shape index (κ3) is 5.06. The number of hydrogen-bond acceptors (Lipinski definition) is 6. The van der Waals surface area contributed by atoms with Crippen LogP contribution in [0, 0.1) is 0 Å². The lowest BCUT2D eigenvalue weighted by Crippen LogP contribution is -2.49. The second kappa shape index (κ2) is 10.1. The summed E-state index contributed by atoms with van der Waals surface area (Å²) >= 11 is 1.70. The van der Waals surface area contributed by atoms with E-state index in [9.17, 15) is 9.59 Å². The van der Waals surface area contributed by atoms with Gasteiger partial charge in [-0.3, -0.25) is 9.59 Å². The van der Waals surface area contributed by atoms with E-state index >= 15 is 0 Å². The summed E-state index contributed by atoms with van der Waals surface area (Å²) in [4.78, 5) is 31.0. The highest BCUT2D eigenvalue weighted by Gasteiger charge is 2.34. The van der Waals surface area contributed by atoms with Crippen molar-refractivity contribution in [3.05, 3.63) is 70.3 Å². The van der Waals surface area contributed by atoms with Crippen LogP contribution in [-0.4, -0.2) is 54.5 Å². The largest absolute Gasteiger partial charge is 0.497 e. The van der Waals surface area contributed by atoms with E-state index in [2.05, 4.69) is 11.4 Å². The van der Waals surface area contributed by atoms with E-state index in [0.717, 1.165) is 12.0 Å². The van der Waals surface area contributed by atoms with Crippen LogP contribution in [0.4, 0.5) is 0 Å². The number of carbonyl (C=O) groups excluding carboxylic acids is 2. The number of nitrogens with zero attached hydrogens (tertiary/aromatic N) is 2. The Bertz CT molecular complexity index is 1090. The highest BCUT2D eigenvalue weighted by molar-refractivity contribution is 7.10. The molecule has 1 atom stereocenters. The van der Waals surface area contributed by atoms with Crippen LogP contribution in [0.25, 0.3) is 0 Å². The van der Waals surface area contributed by atoms with Crippen LogP contribution in [0.3, 0.4) is 0 Å². The smallest absolute Gasteiger partial charge is 0.290 e. The Balaban J connectivity index is 1.52. The van der Waals surface area contributed by atoms with Gasteiger partial charge in [-0.15, -0.1) is 11.3 Å². The third-order valence-electron chi connectivity index (χ3n) is 5.79. The molecule has 33 heavy (non-hydrogen) atoms. The number of fused-ring (bicyclic) bond motifs is 1. The molecule has 0 radical (unpaired) electrons. The molecular formula is C25H28N2O5S. The molecule has 8 heteroatoms. The molecule has 0 N–H and O–H groups in total. The fraction of sp³-hybridized carbons (Fsp3) is 0.360. The fourth-order valence-electron chi connectivity index (χ4n) is 4.01. The Morgan fingerprint density at radius 1 is 1.21 bits per heavy atom. The molecule has 174 valence electrons. The summed E-state index contributed by atoms with van der Waals surface area (Å²) in [5.74, 6) is 1.22. The molecule has 3 heterocycles. The minimum Gasteiger partial charge on any atom is -0.497 e. The number of furan rings is 1. The van der Waals surface area contributed by atoms with Crippen molar-refractivity contribution in [1.29, 1.82) is 0 Å². The van der Waals surface area contributed by atoms with Gasteiger partial charge in [-0.2, -0.15) is 0 Å². The van der Waals surface area contributed by atoms with E-state index in [0.29, 0.717) is 24.7 Å². The third-order valence-corrected chi connectivity index (χ3v) is 6.78. The van der Waals surface area contributed by atoms with E-state index in [1.807, 2.05) is 43.0 Å². The summed E-state index contributed by atoms with van der Waals surface area (Å²) < 4.78 is 16.6. The van der Waals surface area contributed by atoms with Crippen LogP contribution in [0.5, 0.6) is 11.5 Å². The first-order chi connectivity index (χ1) is 16.0. The predicted molar refractivity (Wildman–Crippen MR) is 126 cm³/mol. The van der Waals surface area contributed by atoms with Gasteiger partial charge in [-0.1, -0.05) is 6.07 Å². The topological polar surface area (TPSA) is 72.2 Å². The molecule has 7 nitrogen and oxygen atoms in total. The molecule has 2 aromatic heterocycles. The number of rotatable bonds is 8. The fourth-order valence-corrected chi connectivity index (χ4v) is 4.94. The molecular weight excluding hydrogens is 440 g/mol. The molecule has 0 saturated carbocycles. The molecule has 3 aromatic rings. The van der Waals surface area contributed by atoms with Crippen molar-refractivity contribution in [1.82, 2.24) is 9.80 Å². The van der Waals surface area contributed by atoms with Gasteiger partial charge in [-0.05, 0) is 61.5 Å². The van der Waals surface area contributed by atoms with Crippen molar-refractivity contribution in [3.63, 3.8) is 0 Å². The molecule has 4 rings (SSSR count). The number of carbonyl (C=O) groups is 2. The van der Waals surface area contributed by atoms with Gasteiger partial charge in [0.2, 0.25) is 5.91 Å². The van der Waals surface area contributed by atoms with Crippen molar-refractivity contribution >= 4 is 23.2 Å². The molecule has 2 amide bonds. The lowest BCUT2D eigenvalue weighted by atomic mass is 10.00. The van der Waals surface area contributed by atoms with Crippen LogP contribution < -0.4 is 9.47 Å². The van der Waals surface area contributed by atoms with Crippen LogP contribution in [0.15, 0.2) is 58.5 Å². The van der Waals surface area contributed by atoms with Crippen LogP contribution in [0.1, 0.15) is 40.9 Å². The lowest BCUT2D eigenvalue weighted by molar-refractivity contribution is -0.136. The molecule has 0 saturated heterocycles. The van der Waals surface area contributed by atoms with Crippen molar-refractivity contribution in [3.8, 4) is 11.5 Å². The second-order valence-corrected chi connectivity index (χ2v) is 9.15. The molecule has 0 bridgehead atoms. The number of hydrogen-bond donors (Lipinski definition) is 0. The molecule has 0 fully saturated rings. The van der Waals surface area contributed by atoms with Gasteiger partial charge in [0.15, 0.2) is 5.76 Å². The summed E-state index contributed by atoms with van der Waals surface area (Å²) in [6, 6.07) is 12.4. The number of ether oxygens (including phenoxy) is 2. The van der Waals surface area contributed by atoms with Crippen molar-refractivity contribution in [2.75, 3.05) is 26.8 Å². The van der Waals surface area contributed by atoms with Gasteiger partial charge >= 0.3 is 0 Å². The van der Waals surface area contributed by atoms with Gasteiger partial charge in [-0.25, -0.2) is 0 Å². The summed E-state index contributed by atoms with van der Waals surface area (Å²) in [6.45, 7) is 4.66. The molecule has 1 aliphatic rings. The Morgan fingerprint density at radius 3 is 2.76 bits per heavy atom. The zero-order valence-corrected chi connectivity index (χ0v) is 19.8. The second-order valence-electron chi connectivity index (χ2n) is 8.15. The monoisotopic (exact) mass is 468 g/mol. The first-order valence-corrected chi connectivity index (χ1v) is 11.8. The van der Waals surface area contributed by atoms with Crippen LogP contribution in [-0.2, 0) is 11.2 Å². The number of methoxy groups -OCH3 is 1. The van der Waals surface area contributed by atoms with Crippen LogP contribution in [0.2, 0.25) is 0 Å². The minimum absolute atomic E-state index is 0.0215. The van der Waals surface area contributed by atoms with Crippen molar-refractivity contribution in [2.24, 2.45) is 0 Å². The zero-order chi connectivity index (χ0) is 23.4. The predicted octanol–water partition coefficient (Wildman–Crippen LogP) is 4.41. The Morgan fingerprint density at radius 2 is 2.03 bits per heavy atom. The van der Waals surface area contributed by atoms with Crippen molar-refractivity contribution in [2.45, 2.75) is 32.4 Å². The summed E-state index contributed by atoms with van der Waals surface area (Å²) in [5, 5.41) is 2.05. The summed E-state index contributed by atoms with van der Waals surface area (Å²) in [7, 11) is 1.61.